The van der Waals surface area contributed by atoms with Crippen molar-refractivity contribution in [2.45, 2.75) is 5.38 Å². The van der Waals surface area contributed by atoms with Crippen molar-refractivity contribution in [3.05, 3.63) is 0 Å². The molecule has 0 amide bonds. The fourth-order valence-electron chi connectivity index (χ4n) is 0.195. The van der Waals surface area contributed by atoms with E-state index in [9.17, 15) is 21.1 Å². The summed E-state index contributed by atoms with van der Waals surface area (Å²) in [5.41, 5.74) is 0. The summed E-state index contributed by atoms with van der Waals surface area (Å²) < 4.78 is 52.9. The van der Waals surface area contributed by atoms with Crippen LogP contribution in [0.4, 0.5) is 12.7 Å². The molecule has 0 N–H and O–H groups in total. The van der Waals surface area contributed by atoms with Gasteiger partial charge >= 0.3 is 15.6 Å². The molecule has 0 unspecified atom stereocenters. The lowest BCUT2D eigenvalue weighted by molar-refractivity contribution is 0.121. The van der Waals surface area contributed by atoms with E-state index in [1.807, 2.05) is 0 Å². The standard InChI is InChI=1S/C2H2ClF3O2S/c3-2(4,5)1-9(6,7)8/h1H2. The molecule has 7 heteroatoms. The van der Waals surface area contributed by atoms with E-state index in [1.54, 1.807) is 0 Å². The molecule has 0 aliphatic carbocycles. The van der Waals surface area contributed by atoms with Gasteiger partial charge < -0.3 is 0 Å². The highest BCUT2D eigenvalue weighted by atomic mass is 35.5. The molecule has 0 aromatic rings. The molecular formula is C2H2ClF3O2S. The fraction of sp³-hybridized carbons (Fsp3) is 1.00. The van der Waals surface area contributed by atoms with Crippen LogP contribution in [0.1, 0.15) is 0 Å². The lowest BCUT2D eigenvalue weighted by Gasteiger charge is -2.01. The monoisotopic (exact) mass is 182 g/mol. The Bertz CT molecular complexity index is 180. The maximum absolute atomic E-state index is 11.4. The zero-order chi connectivity index (χ0) is 7.71. The average molecular weight is 183 g/mol. The Morgan fingerprint density at radius 1 is 1.44 bits per heavy atom. The van der Waals surface area contributed by atoms with E-state index >= 15 is 0 Å². The summed E-state index contributed by atoms with van der Waals surface area (Å²) >= 11 is 4.07. The first kappa shape index (κ1) is 9.03. The van der Waals surface area contributed by atoms with Crippen molar-refractivity contribution >= 4 is 21.8 Å². The largest absolute Gasteiger partial charge is 0.338 e. The molecule has 0 aliphatic heterocycles. The topological polar surface area (TPSA) is 34.1 Å². The van der Waals surface area contributed by atoms with Gasteiger partial charge in [0.2, 0.25) is 0 Å². The number of hydrogen-bond donors (Lipinski definition) is 0. The van der Waals surface area contributed by atoms with Crippen molar-refractivity contribution in [2.24, 2.45) is 0 Å². The Morgan fingerprint density at radius 3 is 1.78 bits per heavy atom. The van der Waals surface area contributed by atoms with Gasteiger partial charge in [0, 0.05) is 0 Å². The molecule has 56 valence electrons. The maximum Gasteiger partial charge on any atom is 0.338 e. The van der Waals surface area contributed by atoms with E-state index in [0.29, 0.717) is 0 Å². The molecular weight excluding hydrogens is 181 g/mol. The minimum atomic E-state index is -5.16. The van der Waals surface area contributed by atoms with Crippen LogP contribution in [0.3, 0.4) is 0 Å². The average Bonchev–Trinajstić information content (AvgIpc) is 1.14. The normalized spacial score (nSPS) is 13.8. The minimum Gasteiger partial charge on any atom is -0.195 e. The lowest BCUT2D eigenvalue weighted by Crippen LogP contribution is -2.18. The fourth-order valence-corrected chi connectivity index (χ4v) is 0.977. The van der Waals surface area contributed by atoms with Gasteiger partial charge in [0.25, 0.3) is 0 Å². The van der Waals surface area contributed by atoms with Crippen LogP contribution < -0.4 is 0 Å². The second-order valence-corrected chi connectivity index (χ2v) is 3.22. The molecule has 0 rings (SSSR count). The van der Waals surface area contributed by atoms with Crippen molar-refractivity contribution in [3.63, 3.8) is 0 Å². The highest BCUT2D eigenvalue weighted by Gasteiger charge is 2.32. The van der Waals surface area contributed by atoms with Gasteiger partial charge in [-0.25, -0.2) is 0 Å². The molecule has 0 atom stereocenters. The van der Waals surface area contributed by atoms with Gasteiger partial charge in [-0.15, -0.1) is 3.89 Å². The number of rotatable bonds is 2. The molecule has 9 heavy (non-hydrogen) atoms. The van der Waals surface area contributed by atoms with E-state index in [0.717, 1.165) is 0 Å². The quantitative estimate of drug-likeness (QED) is 0.474. The molecule has 0 fully saturated rings. The van der Waals surface area contributed by atoms with E-state index in [-0.39, 0.29) is 0 Å². The molecule has 0 radical (unpaired) electrons. The highest BCUT2D eigenvalue weighted by Crippen LogP contribution is 2.21. The predicted octanol–water partition coefficient (Wildman–Crippen LogP) is 1.12. The van der Waals surface area contributed by atoms with Gasteiger partial charge in [-0.3, -0.25) is 0 Å². The first-order chi connectivity index (χ1) is 3.71. The number of halogens is 4. The molecule has 0 aliphatic rings. The molecule has 0 saturated carbocycles. The van der Waals surface area contributed by atoms with Crippen molar-refractivity contribution in [1.29, 1.82) is 0 Å². The Balaban J connectivity index is 4.07. The van der Waals surface area contributed by atoms with E-state index in [1.165, 1.54) is 0 Å². The van der Waals surface area contributed by atoms with Crippen LogP contribution in [0.2, 0.25) is 0 Å². The van der Waals surface area contributed by atoms with E-state index in [4.69, 9.17) is 0 Å². The van der Waals surface area contributed by atoms with E-state index < -0.39 is 21.4 Å². The summed E-state index contributed by atoms with van der Waals surface area (Å²) in [6.07, 6.45) is 0. The van der Waals surface area contributed by atoms with Crippen LogP contribution in [0, 0.1) is 0 Å². The lowest BCUT2D eigenvalue weighted by atomic mass is 10.8. The minimum absolute atomic E-state index is 1.97. The Kier molecular flexibility index (Phi) is 2.35. The van der Waals surface area contributed by atoms with Crippen LogP contribution in [-0.2, 0) is 10.2 Å². The molecule has 0 saturated heterocycles. The Hall–Kier alpha value is 0.0300. The summed E-state index contributed by atoms with van der Waals surface area (Å²) in [4.78, 5) is 0. The van der Waals surface area contributed by atoms with Gasteiger partial charge in [0.05, 0.1) is 0 Å². The molecule has 0 spiro atoms. The molecule has 0 heterocycles. The zero-order valence-electron chi connectivity index (χ0n) is 3.94. The van der Waals surface area contributed by atoms with Gasteiger partial charge in [-0.1, -0.05) is 0 Å². The summed E-state index contributed by atoms with van der Waals surface area (Å²) in [5.74, 6) is -1.97. The second-order valence-electron chi connectivity index (χ2n) is 1.30. The summed E-state index contributed by atoms with van der Waals surface area (Å²) in [7, 11) is -5.16. The molecule has 2 nitrogen and oxygen atoms in total. The van der Waals surface area contributed by atoms with Crippen LogP contribution in [0.15, 0.2) is 0 Å². The van der Waals surface area contributed by atoms with Crippen molar-refractivity contribution in [3.8, 4) is 0 Å². The maximum atomic E-state index is 11.4. The van der Waals surface area contributed by atoms with Crippen molar-refractivity contribution in [1.82, 2.24) is 0 Å². The van der Waals surface area contributed by atoms with Gasteiger partial charge in [0.15, 0.2) is 5.75 Å². The number of hydrogen-bond acceptors (Lipinski definition) is 2. The molecule has 0 aromatic carbocycles. The van der Waals surface area contributed by atoms with Gasteiger partial charge in [-0.2, -0.15) is 17.2 Å². The SMILES string of the molecule is O=S(=O)(F)CC(F)(F)Cl. The third kappa shape index (κ3) is 8.03. The zero-order valence-corrected chi connectivity index (χ0v) is 5.52. The molecule has 0 aromatic heterocycles. The van der Waals surface area contributed by atoms with Gasteiger partial charge in [-0.05, 0) is 11.6 Å². The first-order valence-electron chi connectivity index (χ1n) is 1.70. The summed E-state index contributed by atoms with van der Waals surface area (Å²) in [6.45, 7) is 0. The molecule has 0 bridgehead atoms. The highest BCUT2D eigenvalue weighted by molar-refractivity contribution is 7.86. The van der Waals surface area contributed by atoms with Gasteiger partial charge in [0.1, 0.15) is 0 Å². The smallest absolute Gasteiger partial charge is 0.195 e. The third-order valence-electron chi connectivity index (χ3n) is 0.336. The Morgan fingerprint density at radius 2 is 1.78 bits per heavy atom. The van der Waals surface area contributed by atoms with Crippen LogP contribution >= 0.6 is 11.6 Å². The third-order valence-corrected chi connectivity index (χ3v) is 1.34. The first-order valence-corrected chi connectivity index (χ1v) is 3.63. The van der Waals surface area contributed by atoms with E-state index in [2.05, 4.69) is 11.6 Å². The second kappa shape index (κ2) is 2.34. The predicted molar refractivity (Wildman–Crippen MR) is 25.7 cm³/mol. The van der Waals surface area contributed by atoms with Crippen LogP contribution in [-0.4, -0.2) is 19.6 Å². The Labute approximate surface area is 54.8 Å². The summed E-state index contributed by atoms with van der Waals surface area (Å²) in [6, 6.07) is 0. The summed E-state index contributed by atoms with van der Waals surface area (Å²) in [5, 5.41) is -4.01. The van der Waals surface area contributed by atoms with Crippen LogP contribution in [0.5, 0.6) is 0 Å². The van der Waals surface area contributed by atoms with Crippen molar-refractivity contribution < 1.29 is 21.1 Å². The number of alkyl halides is 3. The van der Waals surface area contributed by atoms with Crippen molar-refractivity contribution in [2.75, 3.05) is 5.75 Å². The van der Waals surface area contributed by atoms with Crippen LogP contribution in [0.25, 0.3) is 0 Å².